The molecule has 20 heavy (non-hydrogen) atoms. The summed E-state index contributed by atoms with van der Waals surface area (Å²) in [4.78, 5) is 2.17. The first-order valence-electron chi connectivity index (χ1n) is 7.02. The van der Waals surface area contributed by atoms with Gasteiger partial charge < -0.3 is 28.7 Å². The Morgan fingerprint density at radius 2 is 0.900 bits per heavy atom. The lowest BCUT2D eigenvalue weighted by molar-refractivity contribution is 0.297. The van der Waals surface area contributed by atoms with Crippen LogP contribution < -0.4 is 28.7 Å². The van der Waals surface area contributed by atoms with E-state index in [1.165, 1.54) is 0 Å². The number of hydrogen-bond acceptors (Lipinski definition) is 6. The van der Waals surface area contributed by atoms with Crippen LogP contribution >= 0.6 is 0 Å². The van der Waals surface area contributed by atoms with Gasteiger partial charge in [0.05, 0.1) is 0 Å². The molecule has 0 spiro atoms. The van der Waals surface area contributed by atoms with Gasteiger partial charge in [0.2, 0.25) is 0 Å². The predicted molar refractivity (Wildman–Crippen MR) is 85.8 cm³/mol. The molecule has 6 nitrogen and oxygen atoms in total. The maximum Gasteiger partial charge on any atom is 0.0178 e. The van der Waals surface area contributed by atoms with Crippen molar-refractivity contribution >= 4 is 0 Å². The minimum atomic E-state index is 0.602. The zero-order valence-electron chi connectivity index (χ0n) is 12.3. The van der Waals surface area contributed by atoms with Crippen LogP contribution in [0.2, 0.25) is 0 Å². The van der Waals surface area contributed by atoms with Crippen LogP contribution in [0.4, 0.5) is 0 Å². The van der Waals surface area contributed by atoms with E-state index in [-0.39, 0.29) is 0 Å². The van der Waals surface area contributed by atoms with Crippen molar-refractivity contribution in [1.82, 2.24) is 4.90 Å². The molecule has 0 bridgehead atoms. The lowest BCUT2D eigenvalue weighted by Gasteiger charge is -2.18. The number of hydrogen-bond donors (Lipinski definition) is 5. The van der Waals surface area contributed by atoms with Gasteiger partial charge in [-0.05, 0) is 11.1 Å². The van der Waals surface area contributed by atoms with Crippen LogP contribution in [0.15, 0.2) is 24.3 Å². The highest BCUT2D eigenvalue weighted by atomic mass is 15.1. The smallest absolute Gasteiger partial charge is 0.0178 e. The minimum absolute atomic E-state index is 0.602. The molecule has 0 saturated carbocycles. The van der Waals surface area contributed by atoms with Crippen LogP contribution in [-0.4, -0.2) is 44.2 Å². The number of nitrogens with two attached hydrogens (primary N) is 5. The Labute approximate surface area is 122 Å². The lowest BCUT2D eigenvalue weighted by atomic mass is 10.1. The van der Waals surface area contributed by atoms with Crippen molar-refractivity contribution in [2.45, 2.75) is 13.1 Å². The molecule has 0 radical (unpaired) electrons. The fraction of sp³-hybridized carbons (Fsp3) is 0.571. The molecule has 0 fully saturated rings. The van der Waals surface area contributed by atoms with Crippen molar-refractivity contribution in [3.63, 3.8) is 0 Å². The average Bonchev–Trinajstić information content (AvgIpc) is 2.49. The molecule has 1 aromatic rings. The maximum absolute atomic E-state index is 5.41. The van der Waals surface area contributed by atoms with Crippen LogP contribution in [0.5, 0.6) is 0 Å². The highest BCUT2D eigenvalue weighted by Crippen LogP contribution is 2.01. The topological polar surface area (TPSA) is 133 Å². The second-order valence-corrected chi connectivity index (χ2v) is 4.43. The first-order chi connectivity index (χ1) is 9.71. The van der Waals surface area contributed by atoms with E-state index in [4.69, 9.17) is 28.7 Å². The Morgan fingerprint density at radius 1 is 0.600 bits per heavy atom. The Kier molecular flexibility index (Phi) is 12.3. The zero-order chi connectivity index (χ0) is 15.2. The molecule has 0 aliphatic carbocycles. The van der Waals surface area contributed by atoms with Gasteiger partial charge in [0.1, 0.15) is 0 Å². The maximum atomic E-state index is 5.41. The fourth-order valence-electron chi connectivity index (χ4n) is 1.69. The fourth-order valence-corrected chi connectivity index (χ4v) is 1.69. The van der Waals surface area contributed by atoms with Crippen molar-refractivity contribution in [3.8, 4) is 0 Å². The summed E-state index contributed by atoms with van der Waals surface area (Å²) in [6, 6.07) is 8.01. The second-order valence-electron chi connectivity index (χ2n) is 4.43. The van der Waals surface area contributed by atoms with Crippen LogP contribution in [0.3, 0.4) is 0 Å². The van der Waals surface area contributed by atoms with Crippen LogP contribution in [0, 0.1) is 0 Å². The predicted octanol–water partition coefficient (Wildman–Crippen LogP) is -1.23. The quantitative estimate of drug-likeness (QED) is 0.405. The van der Waals surface area contributed by atoms with E-state index < -0.39 is 0 Å². The molecule has 1 aromatic carbocycles. The van der Waals surface area contributed by atoms with Crippen molar-refractivity contribution in [1.29, 1.82) is 0 Å². The van der Waals surface area contributed by atoms with Gasteiger partial charge in [-0.25, -0.2) is 0 Å². The van der Waals surface area contributed by atoms with Gasteiger partial charge in [0, 0.05) is 52.4 Å². The molecule has 0 aliphatic heterocycles. The van der Waals surface area contributed by atoms with E-state index in [0.717, 1.165) is 30.8 Å². The standard InChI is InChI=1S/C8H12N2.C6H18N4/c9-5-7-1-2-8(6-10)4-3-7;7-1-4-10(5-2-8)6-3-9/h1-4H,5-6,9-10H2;1-9H2. The Hall–Kier alpha value is -1.02. The summed E-state index contributed by atoms with van der Waals surface area (Å²) in [6.45, 7) is 5.94. The summed E-state index contributed by atoms with van der Waals surface area (Å²) in [5, 5.41) is 0. The summed E-state index contributed by atoms with van der Waals surface area (Å²) in [7, 11) is 0. The van der Waals surface area contributed by atoms with Crippen molar-refractivity contribution < 1.29 is 0 Å². The molecule has 10 N–H and O–H groups in total. The molecule has 0 saturated heterocycles. The summed E-state index contributed by atoms with van der Waals surface area (Å²) in [5.74, 6) is 0. The lowest BCUT2D eigenvalue weighted by Crippen LogP contribution is -2.37. The van der Waals surface area contributed by atoms with Gasteiger partial charge in [-0.15, -0.1) is 0 Å². The van der Waals surface area contributed by atoms with Crippen molar-refractivity contribution in [2.75, 3.05) is 39.3 Å². The average molecular weight is 282 g/mol. The Bertz CT molecular complexity index is 277. The van der Waals surface area contributed by atoms with Crippen LogP contribution in [-0.2, 0) is 13.1 Å². The van der Waals surface area contributed by atoms with Gasteiger partial charge in [0.15, 0.2) is 0 Å². The van der Waals surface area contributed by atoms with Gasteiger partial charge in [-0.3, -0.25) is 4.90 Å². The largest absolute Gasteiger partial charge is 0.329 e. The molecule has 0 amide bonds. The number of nitrogens with zero attached hydrogens (tertiary/aromatic N) is 1. The van der Waals surface area contributed by atoms with Crippen molar-refractivity contribution in [3.05, 3.63) is 35.4 Å². The van der Waals surface area contributed by atoms with E-state index in [9.17, 15) is 0 Å². The molecule has 0 heterocycles. The number of benzene rings is 1. The second kappa shape index (κ2) is 13.0. The van der Waals surface area contributed by atoms with E-state index in [1.54, 1.807) is 0 Å². The van der Waals surface area contributed by atoms with Gasteiger partial charge >= 0.3 is 0 Å². The molecule has 1 rings (SSSR count). The SMILES string of the molecule is NCCN(CCN)CCN.NCc1ccc(CN)cc1. The van der Waals surface area contributed by atoms with Gasteiger partial charge in [-0.2, -0.15) is 0 Å². The Morgan fingerprint density at radius 3 is 1.10 bits per heavy atom. The third-order valence-corrected chi connectivity index (χ3v) is 2.83. The number of rotatable bonds is 8. The van der Waals surface area contributed by atoms with Gasteiger partial charge in [-0.1, -0.05) is 24.3 Å². The molecule has 0 unspecified atom stereocenters. The molecule has 0 aliphatic rings. The van der Waals surface area contributed by atoms with Crippen molar-refractivity contribution in [2.24, 2.45) is 28.7 Å². The van der Waals surface area contributed by atoms with Crippen LogP contribution in [0.1, 0.15) is 11.1 Å². The monoisotopic (exact) mass is 282 g/mol. The molecule has 116 valence electrons. The van der Waals surface area contributed by atoms with Gasteiger partial charge in [0.25, 0.3) is 0 Å². The highest BCUT2D eigenvalue weighted by Gasteiger charge is 1.98. The highest BCUT2D eigenvalue weighted by molar-refractivity contribution is 5.21. The molecular weight excluding hydrogens is 252 g/mol. The van der Waals surface area contributed by atoms with E-state index >= 15 is 0 Å². The summed E-state index contributed by atoms with van der Waals surface area (Å²) < 4.78 is 0. The van der Waals surface area contributed by atoms with E-state index in [2.05, 4.69) is 4.90 Å². The zero-order valence-corrected chi connectivity index (χ0v) is 12.3. The van der Waals surface area contributed by atoms with E-state index in [0.29, 0.717) is 32.7 Å². The molecule has 0 aromatic heterocycles. The first-order valence-corrected chi connectivity index (χ1v) is 7.02. The molecular formula is C14H30N6. The first kappa shape index (κ1) is 19.0. The summed E-state index contributed by atoms with van der Waals surface area (Å²) in [6.07, 6.45) is 0. The third kappa shape index (κ3) is 8.98. The summed E-state index contributed by atoms with van der Waals surface area (Å²) in [5.41, 5.74) is 29.2. The molecule has 6 heteroatoms. The van der Waals surface area contributed by atoms with E-state index in [1.807, 2.05) is 24.3 Å². The summed E-state index contributed by atoms with van der Waals surface area (Å²) >= 11 is 0. The van der Waals surface area contributed by atoms with Crippen LogP contribution in [0.25, 0.3) is 0 Å². The minimum Gasteiger partial charge on any atom is -0.329 e. The third-order valence-electron chi connectivity index (χ3n) is 2.83. The molecule has 0 atom stereocenters. The Balaban J connectivity index is 0.000000361. The normalized spacial score (nSPS) is 10.3.